The van der Waals surface area contributed by atoms with E-state index in [0.717, 1.165) is 34.0 Å². The van der Waals surface area contributed by atoms with Crippen LogP contribution in [0.2, 0.25) is 0 Å². The van der Waals surface area contributed by atoms with Crippen LogP contribution in [0.15, 0.2) is 65.3 Å². The molecular weight excluding hydrogens is 304 g/mol. The first-order valence-corrected chi connectivity index (χ1v) is 7.60. The van der Waals surface area contributed by atoms with Crippen molar-refractivity contribution in [3.8, 4) is 28.3 Å². The van der Waals surface area contributed by atoms with Gasteiger partial charge in [0.2, 0.25) is 0 Å². The number of benzene rings is 1. The average Bonchev–Trinajstić information content (AvgIpc) is 3.27. The number of nitrogens with zero attached hydrogens (tertiary/aromatic N) is 2. The highest BCUT2D eigenvalue weighted by atomic mass is 16.5. The summed E-state index contributed by atoms with van der Waals surface area (Å²) in [4.78, 5) is 4.65. The van der Waals surface area contributed by atoms with Gasteiger partial charge in [-0.3, -0.25) is 0 Å². The summed E-state index contributed by atoms with van der Waals surface area (Å²) in [5, 5.41) is 9.12. The second-order valence-corrected chi connectivity index (χ2v) is 5.47. The molecule has 3 aromatic heterocycles. The lowest BCUT2D eigenvalue weighted by Crippen LogP contribution is -1.84. The zero-order chi connectivity index (χ0) is 16.5. The molecule has 0 amide bonds. The van der Waals surface area contributed by atoms with Crippen LogP contribution in [-0.2, 0) is 6.61 Å². The maximum absolute atomic E-state index is 9.12. The van der Waals surface area contributed by atoms with Gasteiger partial charge in [-0.2, -0.15) is 0 Å². The van der Waals surface area contributed by atoms with Crippen LogP contribution in [0.1, 0.15) is 5.76 Å². The maximum atomic E-state index is 9.12. The molecule has 1 N–H and O–H groups in total. The summed E-state index contributed by atoms with van der Waals surface area (Å²) >= 11 is 0. The van der Waals surface area contributed by atoms with Gasteiger partial charge in [-0.05, 0) is 36.4 Å². The van der Waals surface area contributed by atoms with E-state index < -0.39 is 0 Å². The Morgan fingerprint density at radius 1 is 1.08 bits per heavy atom. The van der Waals surface area contributed by atoms with Crippen LogP contribution < -0.4 is 4.74 Å². The molecule has 0 aliphatic carbocycles. The highest BCUT2D eigenvalue weighted by molar-refractivity contribution is 5.66. The smallest absolute Gasteiger partial charge is 0.137 e. The Morgan fingerprint density at radius 3 is 2.79 bits per heavy atom. The Bertz CT molecular complexity index is 1000. The molecule has 0 aliphatic rings. The normalized spacial score (nSPS) is 11.1. The number of rotatable bonds is 4. The number of ether oxygens (including phenoxy) is 1. The Morgan fingerprint density at radius 2 is 2.00 bits per heavy atom. The van der Waals surface area contributed by atoms with Crippen LogP contribution in [0.25, 0.3) is 28.2 Å². The lowest BCUT2D eigenvalue weighted by atomic mass is 10.1. The minimum atomic E-state index is -0.104. The van der Waals surface area contributed by atoms with Crippen LogP contribution >= 0.6 is 0 Å². The van der Waals surface area contributed by atoms with E-state index in [-0.39, 0.29) is 6.61 Å². The second kappa shape index (κ2) is 5.86. The van der Waals surface area contributed by atoms with Crippen molar-refractivity contribution in [3.05, 3.63) is 66.7 Å². The third kappa shape index (κ3) is 2.55. The minimum Gasteiger partial charge on any atom is -0.497 e. The van der Waals surface area contributed by atoms with Gasteiger partial charge in [0, 0.05) is 23.5 Å². The van der Waals surface area contributed by atoms with E-state index in [2.05, 4.69) is 4.98 Å². The van der Waals surface area contributed by atoms with Crippen LogP contribution in [0.3, 0.4) is 0 Å². The summed E-state index contributed by atoms with van der Waals surface area (Å²) in [5.41, 5.74) is 3.66. The van der Waals surface area contributed by atoms with Gasteiger partial charge in [0.25, 0.3) is 0 Å². The summed E-state index contributed by atoms with van der Waals surface area (Å²) < 4.78 is 12.8. The number of hydrogen-bond acceptors (Lipinski definition) is 4. The third-order valence-corrected chi connectivity index (χ3v) is 3.92. The van der Waals surface area contributed by atoms with E-state index in [0.29, 0.717) is 5.76 Å². The Balaban J connectivity index is 1.75. The molecule has 4 rings (SSSR count). The van der Waals surface area contributed by atoms with Gasteiger partial charge in [-0.25, -0.2) is 4.98 Å². The van der Waals surface area contributed by atoms with Gasteiger partial charge >= 0.3 is 0 Å². The number of aromatic nitrogens is 2. The van der Waals surface area contributed by atoms with Crippen LogP contribution in [0, 0.1) is 0 Å². The number of hydrogen-bond donors (Lipinski definition) is 1. The lowest BCUT2D eigenvalue weighted by molar-refractivity contribution is 0.248. The van der Waals surface area contributed by atoms with E-state index >= 15 is 0 Å². The van der Waals surface area contributed by atoms with Crippen molar-refractivity contribution < 1.29 is 14.3 Å². The fraction of sp³-hybridized carbons (Fsp3) is 0.105. The van der Waals surface area contributed by atoms with Gasteiger partial charge in [0.15, 0.2) is 0 Å². The molecule has 3 heterocycles. The Hall–Kier alpha value is -3.05. The molecule has 1 aromatic carbocycles. The molecular formula is C19H16N2O3. The molecule has 0 unspecified atom stereocenters. The molecule has 4 aromatic rings. The monoisotopic (exact) mass is 320 g/mol. The number of imidazole rings is 1. The molecule has 0 atom stereocenters. The maximum Gasteiger partial charge on any atom is 0.137 e. The molecule has 0 saturated carbocycles. The molecule has 0 aliphatic heterocycles. The van der Waals surface area contributed by atoms with Crippen LogP contribution in [0.4, 0.5) is 0 Å². The van der Waals surface area contributed by atoms with E-state index in [1.807, 2.05) is 59.3 Å². The van der Waals surface area contributed by atoms with Gasteiger partial charge in [-0.15, -0.1) is 0 Å². The Kier molecular flexibility index (Phi) is 3.55. The van der Waals surface area contributed by atoms with Gasteiger partial charge < -0.3 is 18.7 Å². The standard InChI is InChI=1S/C19H16N2O3/c1-23-15-4-2-3-13(9-15)17-11-21-10-14(5-8-19(21)20-17)18-7-6-16(12-22)24-18/h2-11,22H,12H2,1H3. The minimum absolute atomic E-state index is 0.104. The van der Waals surface area contributed by atoms with Crippen LogP contribution in [0.5, 0.6) is 5.75 Å². The first kappa shape index (κ1) is 14.5. The predicted molar refractivity (Wildman–Crippen MR) is 90.8 cm³/mol. The quantitative estimate of drug-likeness (QED) is 0.622. The van der Waals surface area contributed by atoms with Crippen molar-refractivity contribution in [2.75, 3.05) is 7.11 Å². The van der Waals surface area contributed by atoms with Gasteiger partial charge in [0.1, 0.15) is 29.5 Å². The first-order valence-electron chi connectivity index (χ1n) is 7.60. The largest absolute Gasteiger partial charge is 0.497 e. The zero-order valence-corrected chi connectivity index (χ0v) is 13.1. The molecule has 120 valence electrons. The van der Waals surface area contributed by atoms with Crippen molar-refractivity contribution in [3.63, 3.8) is 0 Å². The van der Waals surface area contributed by atoms with Crippen molar-refractivity contribution >= 4 is 5.65 Å². The van der Waals surface area contributed by atoms with Crippen molar-refractivity contribution in [2.45, 2.75) is 6.61 Å². The summed E-state index contributed by atoms with van der Waals surface area (Å²) in [7, 11) is 1.65. The fourth-order valence-corrected chi connectivity index (χ4v) is 2.68. The van der Waals surface area contributed by atoms with E-state index in [9.17, 15) is 0 Å². The second-order valence-electron chi connectivity index (χ2n) is 5.47. The number of methoxy groups -OCH3 is 1. The predicted octanol–water partition coefficient (Wildman–Crippen LogP) is 3.76. The number of aliphatic hydroxyl groups is 1. The first-order chi connectivity index (χ1) is 11.8. The lowest BCUT2D eigenvalue weighted by Gasteiger charge is -2.01. The number of pyridine rings is 1. The molecule has 0 bridgehead atoms. The van der Waals surface area contributed by atoms with Gasteiger partial charge in [0.05, 0.1) is 12.8 Å². The van der Waals surface area contributed by atoms with Crippen molar-refractivity contribution in [1.29, 1.82) is 0 Å². The molecule has 24 heavy (non-hydrogen) atoms. The van der Waals surface area contributed by atoms with Crippen molar-refractivity contribution in [1.82, 2.24) is 9.38 Å². The van der Waals surface area contributed by atoms with E-state index in [1.165, 1.54) is 0 Å². The molecule has 5 nitrogen and oxygen atoms in total. The number of fused-ring (bicyclic) bond motifs is 1. The van der Waals surface area contributed by atoms with Crippen LogP contribution in [-0.4, -0.2) is 21.6 Å². The highest BCUT2D eigenvalue weighted by Gasteiger charge is 2.09. The molecule has 0 saturated heterocycles. The summed E-state index contributed by atoms with van der Waals surface area (Å²) in [6.45, 7) is -0.104. The van der Waals surface area contributed by atoms with Crippen molar-refractivity contribution in [2.24, 2.45) is 0 Å². The summed E-state index contributed by atoms with van der Waals surface area (Å²) in [5.74, 6) is 2.07. The van der Waals surface area contributed by atoms with Gasteiger partial charge in [-0.1, -0.05) is 12.1 Å². The fourth-order valence-electron chi connectivity index (χ4n) is 2.68. The average molecular weight is 320 g/mol. The zero-order valence-electron chi connectivity index (χ0n) is 13.1. The molecule has 0 fully saturated rings. The number of aliphatic hydroxyl groups excluding tert-OH is 1. The van der Waals surface area contributed by atoms with E-state index in [1.54, 1.807) is 13.2 Å². The topological polar surface area (TPSA) is 59.9 Å². The van der Waals surface area contributed by atoms with E-state index in [4.69, 9.17) is 14.3 Å². The molecule has 0 spiro atoms. The molecule has 5 heteroatoms. The SMILES string of the molecule is COc1cccc(-c2cn3cc(-c4ccc(CO)o4)ccc3n2)c1. The summed E-state index contributed by atoms with van der Waals surface area (Å²) in [6.07, 6.45) is 3.94. The highest BCUT2D eigenvalue weighted by Crippen LogP contribution is 2.26. The Labute approximate surface area is 138 Å². The summed E-state index contributed by atoms with van der Waals surface area (Å²) in [6, 6.07) is 15.4. The molecule has 0 radical (unpaired) electrons. The third-order valence-electron chi connectivity index (χ3n) is 3.92. The number of furan rings is 1.